The third-order valence-electron chi connectivity index (χ3n) is 4.93. The van der Waals surface area contributed by atoms with E-state index in [4.69, 9.17) is 4.74 Å². The van der Waals surface area contributed by atoms with Crippen LogP contribution < -0.4 is 5.32 Å². The summed E-state index contributed by atoms with van der Waals surface area (Å²) in [6.07, 6.45) is 1.000. The summed E-state index contributed by atoms with van der Waals surface area (Å²) < 4.78 is 19.8. The lowest BCUT2D eigenvalue weighted by atomic mass is 10.0. The van der Waals surface area contributed by atoms with Crippen LogP contribution in [0.3, 0.4) is 0 Å². The van der Waals surface area contributed by atoms with Crippen LogP contribution in [0.15, 0.2) is 24.3 Å². The average molecular weight is 335 g/mol. The minimum atomic E-state index is -0.552. The van der Waals surface area contributed by atoms with Crippen LogP contribution in [-0.4, -0.2) is 68.7 Å². The molecule has 0 radical (unpaired) electrons. The fourth-order valence-corrected chi connectivity index (χ4v) is 3.68. The zero-order chi connectivity index (χ0) is 16.9. The molecule has 24 heavy (non-hydrogen) atoms. The van der Waals surface area contributed by atoms with Crippen LogP contribution in [0.5, 0.6) is 0 Å². The third kappa shape index (κ3) is 3.77. The lowest BCUT2D eigenvalue weighted by molar-refractivity contribution is -0.138. The van der Waals surface area contributed by atoms with E-state index in [9.17, 15) is 9.18 Å². The van der Waals surface area contributed by atoms with Gasteiger partial charge in [0, 0.05) is 31.7 Å². The molecule has 2 aliphatic heterocycles. The molecule has 3 rings (SSSR count). The number of rotatable bonds is 5. The molecule has 2 fully saturated rings. The van der Waals surface area contributed by atoms with Gasteiger partial charge in [-0.1, -0.05) is 18.2 Å². The Morgan fingerprint density at radius 2 is 2.08 bits per heavy atom. The first-order chi connectivity index (χ1) is 11.7. The van der Waals surface area contributed by atoms with E-state index in [1.54, 1.807) is 18.2 Å². The molecule has 2 aliphatic rings. The van der Waals surface area contributed by atoms with Gasteiger partial charge >= 0.3 is 0 Å². The smallest absolute Gasteiger partial charge is 0.244 e. The van der Waals surface area contributed by atoms with Gasteiger partial charge in [0.05, 0.1) is 13.2 Å². The Morgan fingerprint density at radius 1 is 1.33 bits per heavy atom. The highest BCUT2D eigenvalue weighted by molar-refractivity contribution is 5.83. The first-order valence-corrected chi connectivity index (χ1v) is 8.70. The quantitative estimate of drug-likeness (QED) is 0.880. The van der Waals surface area contributed by atoms with Gasteiger partial charge < -0.3 is 15.0 Å². The van der Waals surface area contributed by atoms with E-state index >= 15 is 0 Å². The van der Waals surface area contributed by atoms with Crippen molar-refractivity contribution < 1.29 is 13.9 Å². The number of morpholine rings is 1. The molecule has 0 aliphatic carbocycles. The Balaban J connectivity index is 1.82. The number of hydrogen-bond donors (Lipinski definition) is 1. The molecule has 132 valence electrons. The molecule has 2 atom stereocenters. The highest BCUT2D eigenvalue weighted by Gasteiger charge is 2.36. The molecule has 2 saturated heterocycles. The highest BCUT2D eigenvalue weighted by Crippen LogP contribution is 2.29. The molecule has 5 nitrogen and oxygen atoms in total. The van der Waals surface area contributed by atoms with Gasteiger partial charge in [-0.15, -0.1) is 0 Å². The Bertz CT molecular complexity index is 563. The molecular formula is C18H26FN3O2. The van der Waals surface area contributed by atoms with Crippen LogP contribution in [0.4, 0.5) is 4.39 Å². The molecule has 0 bridgehead atoms. The minimum Gasteiger partial charge on any atom is -0.379 e. The van der Waals surface area contributed by atoms with Gasteiger partial charge in [0.1, 0.15) is 11.9 Å². The predicted molar refractivity (Wildman–Crippen MR) is 90.1 cm³/mol. The lowest BCUT2D eigenvalue weighted by Gasteiger charge is -2.36. The van der Waals surface area contributed by atoms with Crippen molar-refractivity contribution >= 4 is 5.91 Å². The summed E-state index contributed by atoms with van der Waals surface area (Å²) in [5.74, 6) is 0.179. The van der Waals surface area contributed by atoms with Crippen LogP contribution >= 0.6 is 0 Å². The SMILES string of the molecule is CNCC1CCN(C(=O)C(c2ccccc2F)N2CCOCC2)C1. The number of carbonyl (C=O) groups is 1. The number of likely N-dealkylation sites (tertiary alicyclic amines) is 1. The zero-order valence-electron chi connectivity index (χ0n) is 14.2. The summed E-state index contributed by atoms with van der Waals surface area (Å²) in [5, 5.41) is 3.18. The van der Waals surface area contributed by atoms with E-state index in [0.29, 0.717) is 37.8 Å². The zero-order valence-corrected chi connectivity index (χ0v) is 14.2. The Morgan fingerprint density at radius 3 is 2.79 bits per heavy atom. The number of hydrogen-bond acceptors (Lipinski definition) is 4. The van der Waals surface area contributed by atoms with Crippen LogP contribution in [0, 0.1) is 11.7 Å². The monoisotopic (exact) mass is 335 g/mol. The average Bonchev–Trinajstić information content (AvgIpc) is 3.07. The molecule has 1 N–H and O–H groups in total. The third-order valence-corrected chi connectivity index (χ3v) is 4.93. The lowest BCUT2D eigenvalue weighted by Crippen LogP contribution is -2.47. The number of benzene rings is 1. The number of amides is 1. The second-order valence-electron chi connectivity index (χ2n) is 6.57. The summed E-state index contributed by atoms with van der Waals surface area (Å²) >= 11 is 0. The first kappa shape index (κ1) is 17.3. The van der Waals surface area contributed by atoms with Gasteiger partial charge in [-0.25, -0.2) is 4.39 Å². The highest BCUT2D eigenvalue weighted by atomic mass is 19.1. The van der Waals surface area contributed by atoms with Crippen molar-refractivity contribution in [1.29, 1.82) is 0 Å². The van der Waals surface area contributed by atoms with Crippen molar-refractivity contribution in [2.75, 3.05) is 53.0 Å². The maximum absolute atomic E-state index is 14.4. The molecule has 0 spiro atoms. The molecule has 1 amide bonds. The van der Waals surface area contributed by atoms with Crippen LogP contribution in [0.2, 0.25) is 0 Å². The summed E-state index contributed by atoms with van der Waals surface area (Å²) in [5.41, 5.74) is 0.474. The number of nitrogens with zero attached hydrogens (tertiary/aromatic N) is 2. The fraction of sp³-hybridized carbons (Fsp3) is 0.611. The number of halogens is 1. The maximum Gasteiger partial charge on any atom is 0.244 e. The second kappa shape index (κ2) is 8.05. The molecule has 6 heteroatoms. The van der Waals surface area contributed by atoms with Crippen LogP contribution in [-0.2, 0) is 9.53 Å². The molecule has 2 heterocycles. The van der Waals surface area contributed by atoms with E-state index in [1.165, 1.54) is 6.07 Å². The Labute approximate surface area is 142 Å². The van der Waals surface area contributed by atoms with E-state index < -0.39 is 6.04 Å². The normalized spacial score (nSPS) is 23.4. The summed E-state index contributed by atoms with van der Waals surface area (Å²) in [7, 11) is 1.93. The standard InChI is InChI=1S/C18H26FN3O2/c1-20-12-14-6-7-22(13-14)18(23)17(21-8-10-24-11-9-21)15-4-2-3-5-16(15)19/h2-5,14,17,20H,6-13H2,1H3. The fourth-order valence-electron chi connectivity index (χ4n) is 3.68. The van der Waals surface area contributed by atoms with Crippen LogP contribution in [0.25, 0.3) is 0 Å². The van der Waals surface area contributed by atoms with Gasteiger partial charge in [0.2, 0.25) is 5.91 Å². The summed E-state index contributed by atoms with van der Waals surface area (Å²) in [6.45, 7) is 4.87. The van der Waals surface area contributed by atoms with E-state index in [-0.39, 0.29) is 11.7 Å². The van der Waals surface area contributed by atoms with Gasteiger partial charge in [-0.3, -0.25) is 9.69 Å². The first-order valence-electron chi connectivity index (χ1n) is 8.70. The molecule has 1 aromatic rings. The van der Waals surface area contributed by atoms with Crippen molar-refractivity contribution in [3.8, 4) is 0 Å². The van der Waals surface area contributed by atoms with Crippen molar-refractivity contribution in [3.05, 3.63) is 35.6 Å². The second-order valence-corrected chi connectivity index (χ2v) is 6.57. The number of nitrogens with one attached hydrogen (secondary N) is 1. The molecular weight excluding hydrogens is 309 g/mol. The Kier molecular flexibility index (Phi) is 5.81. The van der Waals surface area contributed by atoms with Gasteiger partial charge in [-0.2, -0.15) is 0 Å². The van der Waals surface area contributed by atoms with Crippen molar-refractivity contribution in [2.45, 2.75) is 12.5 Å². The Hall–Kier alpha value is -1.50. The summed E-state index contributed by atoms with van der Waals surface area (Å²) in [4.78, 5) is 17.2. The number of carbonyl (C=O) groups excluding carboxylic acids is 1. The van der Waals surface area contributed by atoms with Crippen LogP contribution in [0.1, 0.15) is 18.0 Å². The van der Waals surface area contributed by atoms with E-state index in [1.807, 2.05) is 11.9 Å². The largest absolute Gasteiger partial charge is 0.379 e. The van der Waals surface area contributed by atoms with Gasteiger partial charge in [0.25, 0.3) is 0 Å². The summed E-state index contributed by atoms with van der Waals surface area (Å²) in [6, 6.07) is 6.08. The minimum absolute atomic E-state index is 0.0144. The van der Waals surface area contributed by atoms with Crippen molar-refractivity contribution in [2.24, 2.45) is 5.92 Å². The molecule has 1 aromatic carbocycles. The predicted octanol–water partition coefficient (Wildman–Crippen LogP) is 1.27. The van der Waals surface area contributed by atoms with E-state index in [0.717, 1.165) is 26.1 Å². The molecule has 0 aromatic heterocycles. The van der Waals surface area contributed by atoms with E-state index in [2.05, 4.69) is 10.2 Å². The molecule has 2 unspecified atom stereocenters. The van der Waals surface area contributed by atoms with Crippen molar-refractivity contribution in [3.63, 3.8) is 0 Å². The molecule has 0 saturated carbocycles. The maximum atomic E-state index is 14.4. The number of ether oxygens (including phenoxy) is 1. The van der Waals surface area contributed by atoms with Gasteiger partial charge in [0.15, 0.2) is 0 Å². The van der Waals surface area contributed by atoms with Crippen molar-refractivity contribution in [1.82, 2.24) is 15.1 Å². The topological polar surface area (TPSA) is 44.8 Å². The van der Waals surface area contributed by atoms with Gasteiger partial charge in [-0.05, 0) is 32.0 Å².